The maximum atomic E-state index is 11.9. The summed E-state index contributed by atoms with van der Waals surface area (Å²) in [6, 6.07) is 0. The number of carbonyl (C=O) groups is 1. The maximum absolute atomic E-state index is 11.9. The van der Waals surface area contributed by atoms with Gasteiger partial charge in [0, 0.05) is 13.0 Å². The molecule has 20 heavy (non-hydrogen) atoms. The highest BCUT2D eigenvalue weighted by Crippen LogP contribution is 2.42. The van der Waals surface area contributed by atoms with Gasteiger partial charge in [-0.25, -0.2) is 0 Å². The minimum Gasteiger partial charge on any atom is -0.356 e. The molecule has 1 aliphatic rings. The number of nitrogens with one attached hydrogen (secondary N) is 1. The average Bonchev–Trinajstić information content (AvgIpc) is 2.41. The molecule has 3 N–H and O–H groups in total. The van der Waals surface area contributed by atoms with Crippen LogP contribution in [0.4, 0.5) is 0 Å². The van der Waals surface area contributed by atoms with E-state index < -0.39 is 0 Å². The van der Waals surface area contributed by atoms with E-state index in [4.69, 9.17) is 5.73 Å². The minimum absolute atomic E-state index is 0.142. The van der Waals surface area contributed by atoms with Crippen LogP contribution in [0.3, 0.4) is 0 Å². The molecule has 0 aromatic carbocycles. The first-order chi connectivity index (χ1) is 9.72. The first-order valence-corrected chi connectivity index (χ1v) is 8.69. The molecule has 1 saturated carbocycles. The third-order valence-electron chi connectivity index (χ3n) is 4.74. The lowest BCUT2D eigenvalue weighted by Crippen LogP contribution is -2.42. The van der Waals surface area contributed by atoms with Crippen LogP contribution in [0.5, 0.6) is 0 Å². The number of hydrogen-bond donors (Lipinski definition) is 2. The quantitative estimate of drug-likeness (QED) is 0.535. The van der Waals surface area contributed by atoms with Crippen LogP contribution in [0.25, 0.3) is 0 Å². The maximum Gasteiger partial charge on any atom is 0.220 e. The van der Waals surface area contributed by atoms with E-state index in [-0.39, 0.29) is 11.3 Å². The highest BCUT2D eigenvalue weighted by atomic mass is 16.1. The molecule has 0 aromatic heterocycles. The molecule has 1 amide bonds. The fourth-order valence-electron chi connectivity index (χ4n) is 3.02. The Hall–Kier alpha value is -0.570. The highest BCUT2D eigenvalue weighted by Gasteiger charge is 2.37. The van der Waals surface area contributed by atoms with Crippen LogP contribution in [0, 0.1) is 5.41 Å². The zero-order valence-corrected chi connectivity index (χ0v) is 13.4. The first-order valence-electron chi connectivity index (χ1n) is 8.69. The predicted octanol–water partition coefficient (Wildman–Crippen LogP) is 3.76. The Labute approximate surface area is 125 Å². The van der Waals surface area contributed by atoms with Gasteiger partial charge in [0.25, 0.3) is 0 Å². The summed E-state index contributed by atoms with van der Waals surface area (Å²) < 4.78 is 0. The molecule has 0 aliphatic heterocycles. The largest absolute Gasteiger partial charge is 0.356 e. The lowest BCUT2D eigenvalue weighted by Gasteiger charge is -2.40. The molecule has 0 spiro atoms. The summed E-state index contributed by atoms with van der Waals surface area (Å²) in [7, 11) is 0. The van der Waals surface area contributed by atoms with Gasteiger partial charge >= 0.3 is 0 Å². The van der Waals surface area contributed by atoms with Crippen molar-refractivity contribution in [2.75, 3.05) is 13.1 Å². The topological polar surface area (TPSA) is 55.1 Å². The van der Waals surface area contributed by atoms with E-state index in [1.807, 2.05) is 0 Å². The fourth-order valence-corrected chi connectivity index (χ4v) is 3.02. The molecule has 1 aliphatic carbocycles. The average molecular weight is 282 g/mol. The van der Waals surface area contributed by atoms with E-state index in [1.165, 1.54) is 51.4 Å². The van der Waals surface area contributed by atoms with E-state index >= 15 is 0 Å². The van der Waals surface area contributed by atoms with Crippen LogP contribution in [0.1, 0.15) is 84.0 Å². The van der Waals surface area contributed by atoms with Gasteiger partial charge in [-0.1, -0.05) is 58.3 Å². The molecule has 1 fully saturated rings. The molecule has 1 rings (SSSR count). The van der Waals surface area contributed by atoms with Gasteiger partial charge < -0.3 is 11.1 Å². The second-order valence-corrected chi connectivity index (χ2v) is 6.56. The zero-order valence-electron chi connectivity index (χ0n) is 13.4. The molecular weight excluding hydrogens is 248 g/mol. The van der Waals surface area contributed by atoms with Crippen molar-refractivity contribution < 1.29 is 4.79 Å². The van der Waals surface area contributed by atoms with Gasteiger partial charge in [-0.3, -0.25) is 4.79 Å². The highest BCUT2D eigenvalue weighted by molar-refractivity contribution is 5.76. The number of hydrogen-bond acceptors (Lipinski definition) is 2. The zero-order chi connectivity index (χ0) is 14.7. The lowest BCUT2D eigenvalue weighted by molar-refractivity contribution is -0.124. The summed E-state index contributed by atoms with van der Waals surface area (Å²) in [4.78, 5) is 11.9. The molecule has 118 valence electrons. The predicted molar refractivity (Wildman–Crippen MR) is 85.6 cm³/mol. The molecule has 3 nitrogen and oxygen atoms in total. The van der Waals surface area contributed by atoms with E-state index in [0.29, 0.717) is 13.0 Å². The van der Waals surface area contributed by atoms with Crippen molar-refractivity contribution in [3.63, 3.8) is 0 Å². The van der Waals surface area contributed by atoms with Crippen molar-refractivity contribution in [1.29, 1.82) is 0 Å². The molecule has 0 aromatic rings. The van der Waals surface area contributed by atoms with E-state index in [1.54, 1.807) is 0 Å². The van der Waals surface area contributed by atoms with Crippen LogP contribution in [0.2, 0.25) is 0 Å². The van der Waals surface area contributed by atoms with Crippen molar-refractivity contribution in [2.45, 2.75) is 84.0 Å². The molecule has 0 radical (unpaired) electrons. The van der Waals surface area contributed by atoms with Crippen molar-refractivity contribution in [2.24, 2.45) is 11.1 Å². The van der Waals surface area contributed by atoms with Crippen molar-refractivity contribution in [3.8, 4) is 0 Å². The Balaban J connectivity index is 1.89. The summed E-state index contributed by atoms with van der Waals surface area (Å²) in [6.45, 7) is 3.76. The van der Waals surface area contributed by atoms with Crippen LogP contribution < -0.4 is 11.1 Å². The standard InChI is InChI=1S/C17H34N2O/c1-2-3-4-5-6-7-8-9-13-19-16(20)14-17(15-18)11-10-12-17/h2-15,18H2,1H3,(H,19,20). The second-order valence-electron chi connectivity index (χ2n) is 6.56. The first kappa shape index (κ1) is 17.5. The second kappa shape index (κ2) is 10.2. The third kappa shape index (κ3) is 6.74. The summed E-state index contributed by atoms with van der Waals surface area (Å²) in [5.74, 6) is 0.207. The molecule has 0 bridgehead atoms. The fraction of sp³-hybridized carbons (Fsp3) is 0.941. The van der Waals surface area contributed by atoms with Crippen LogP contribution in [-0.2, 0) is 4.79 Å². The van der Waals surface area contributed by atoms with E-state index in [9.17, 15) is 4.79 Å². The third-order valence-corrected chi connectivity index (χ3v) is 4.74. The number of unbranched alkanes of at least 4 members (excludes halogenated alkanes) is 7. The Kier molecular flexibility index (Phi) is 8.92. The Bertz CT molecular complexity index is 256. The number of rotatable bonds is 12. The summed E-state index contributed by atoms with van der Waals surface area (Å²) in [6.07, 6.45) is 14.6. The Morgan fingerprint density at radius 2 is 1.65 bits per heavy atom. The van der Waals surface area contributed by atoms with Gasteiger partial charge in [0.1, 0.15) is 0 Å². The van der Waals surface area contributed by atoms with Crippen LogP contribution in [-0.4, -0.2) is 19.0 Å². The van der Waals surface area contributed by atoms with Gasteiger partial charge in [0.2, 0.25) is 5.91 Å². The van der Waals surface area contributed by atoms with Gasteiger partial charge in [0.05, 0.1) is 0 Å². The molecule has 0 atom stereocenters. The normalized spacial score (nSPS) is 16.7. The van der Waals surface area contributed by atoms with Gasteiger partial charge in [0.15, 0.2) is 0 Å². The van der Waals surface area contributed by atoms with Crippen molar-refractivity contribution in [3.05, 3.63) is 0 Å². The number of carbonyl (C=O) groups excluding carboxylic acids is 1. The minimum atomic E-state index is 0.142. The summed E-state index contributed by atoms with van der Waals surface area (Å²) >= 11 is 0. The molecule has 0 heterocycles. The van der Waals surface area contributed by atoms with Crippen LogP contribution in [0.15, 0.2) is 0 Å². The van der Waals surface area contributed by atoms with Gasteiger partial charge in [-0.05, 0) is 31.2 Å². The summed E-state index contributed by atoms with van der Waals surface area (Å²) in [5.41, 5.74) is 5.92. The molecule has 0 unspecified atom stereocenters. The Morgan fingerprint density at radius 1 is 1.05 bits per heavy atom. The SMILES string of the molecule is CCCCCCCCCCNC(=O)CC1(CN)CCC1. The lowest BCUT2D eigenvalue weighted by atomic mass is 9.66. The van der Waals surface area contributed by atoms with E-state index in [2.05, 4.69) is 12.2 Å². The van der Waals surface area contributed by atoms with Crippen LogP contribution >= 0.6 is 0 Å². The van der Waals surface area contributed by atoms with Gasteiger partial charge in [-0.2, -0.15) is 0 Å². The molecule has 3 heteroatoms. The smallest absolute Gasteiger partial charge is 0.220 e. The van der Waals surface area contributed by atoms with Gasteiger partial charge in [-0.15, -0.1) is 0 Å². The monoisotopic (exact) mass is 282 g/mol. The van der Waals surface area contributed by atoms with E-state index in [0.717, 1.165) is 25.8 Å². The number of nitrogens with two attached hydrogens (primary N) is 1. The molecular formula is C17H34N2O. The Morgan fingerprint density at radius 3 is 2.15 bits per heavy atom. The van der Waals surface area contributed by atoms with Crippen molar-refractivity contribution >= 4 is 5.91 Å². The van der Waals surface area contributed by atoms with Crippen molar-refractivity contribution in [1.82, 2.24) is 5.32 Å². The number of amides is 1. The molecule has 0 saturated heterocycles. The summed E-state index contributed by atoms with van der Waals surface area (Å²) in [5, 5.41) is 3.06.